The fourth-order valence-corrected chi connectivity index (χ4v) is 1.87. The molecular formula is C11H21N3O2. The molecule has 0 aliphatic heterocycles. The summed E-state index contributed by atoms with van der Waals surface area (Å²) >= 11 is 0. The summed E-state index contributed by atoms with van der Waals surface area (Å²) < 4.78 is 0. The molecule has 5 nitrogen and oxygen atoms in total. The Morgan fingerprint density at radius 2 is 2.19 bits per heavy atom. The number of oxime groups is 1. The third kappa shape index (κ3) is 3.12. The average Bonchev–Trinajstić information content (AvgIpc) is 2.91. The fraction of sp³-hybridized carbons (Fsp3) is 0.818. The second kappa shape index (κ2) is 5.18. The van der Waals surface area contributed by atoms with Crippen molar-refractivity contribution in [1.29, 1.82) is 0 Å². The van der Waals surface area contributed by atoms with E-state index in [9.17, 15) is 4.79 Å². The second-order valence-electron chi connectivity index (χ2n) is 4.96. The van der Waals surface area contributed by atoms with Crippen molar-refractivity contribution in [2.24, 2.45) is 34.6 Å². The van der Waals surface area contributed by atoms with Crippen LogP contribution in [0.3, 0.4) is 0 Å². The predicted octanol–water partition coefficient (Wildman–Crippen LogP) is 0.777. The van der Waals surface area contributed by atoms with Gasteiger partial charge in [-0.1, -0.05) is 25.9 Å². The van der Waals surface area contributed by atoms with E-state index >= 15 is 0 Å². The van der Waals surface area contributed by atoms with E-state index in [1.165, 1.54) is 6.42 Å². The zero-order valence-corrected chi connectivity index (χ0v) is 10.1. The molecule has 5 heteroatoms. The minimum Gasteiger partial charge on any atom is -0.409 e. The molecule has 1 aliphatic carbocycles. The van der Waals surface area contributed by atoms with Crippen molar-refractivity contribution < 1.29 is 10.0 Å². The van der Waals surface area contributed by atoms with E-state index < -0.39 is 5.92 Å². The van der Waals surface area contributed by atoms with Crippen molar-refractivity contribution in [3.8, 4) is 0 Å². The van der Waals surface area contributed by atoms with Gasteiger partial charge < -0.3 is 16.3 Å². The van der Waals surface area contributed by atoms with Crippen LogP contribution in [-0.4, -0.2) is 23.5 Å². The van der Waals surface area contributed by atoms with Crippen LogP contribution in [0.25, 0.3) is 0 Å². The Bertz CT molecular complexity index is 289. The molecule has 1 amide bonds. The van der Waals surface area contributed by atoms with E-state index in [0.717, 1.165) is 0 Å². The summed E-state index contributed by atoms with van der Waals surface area (Å²) in [6.07, 6.45) is 1.18. The Balaban J connectivity index is 2.47. The first kappa shape index (κ1) is 12.8. The average molecular weight is 227 g/mol. The number of rotatable bonds is 5. The summed E-state index contributed by atoms with van der Waals surface area (Å²) in [5, 5.41) is 14.4. The lowest BCUT2D eigenvalue weighted by Crippen LogP contribution is -2.42. The highest BCUT2D eigenvalue weighted by molar-refractivity contribution is 6.02. The molecule has 0 aromatic rings. The summed E-state index contributed by atoms with van der Waals surface area (Å²) in [5.74, 6) is 0.623. The van der Waals surface area contributed by atoms with Crippen molar-refractivity contribution in [2.45, 2.75) is 27.2 Å². The molecule has 1 rings (SSSR count). The van der Waals surface area contributed by atoms with Gasteiger partial charge in [0, 0.05) is 6.54 Å². The third-order valence-electron chi connectivity index (χ3n) is 3.20. The minimum atomic E-state index is -0.543. The number of hydrogen-bond acceptors (Lipinski definition) is 3. The molecule has 0 aromatic heterocycles. The Labute approximate surface area is 96.1 Å². The molecule has 3 unspecified atom stereocenters. The van der Waals surface area contributed by atoms with Crippen LogP contribution >= 0.6 is 0 Å². The van der Waals surface area contributed by atoms with Gasteiger partial charge in [-0.15, -0.1) is 0 Å². The van der Waals surface area contributed by atoms with Crippen molar-refractivity contribution in [2.75, 3.05) is 6.54 Å². The van der Waals surface area contributed by atoms with E-state index in [0.29, 0.717) is 18.4 Å². The maximum absolute atomic E-state index is 11.8. The van der Waals surface area contributed by atoms with Gasteiger partial charge in [0.05, 0.1) is 0 Å². The van der Waals surface area contributed by atoms with E-state index in [2.05, 4.69) is 17.4 Å². The van der Waals surface area contributed by atoms with Crippen LogP contribution in [0.2, 0.25) is 0 Å². The lowest BCUT2D eigenvalue weighted by Gasteiger charge is -2.18. The fourth-order valence-electron chi connectivity index (χ4n) is 1.87. The van der Waals surface area contributed by atoms with Gasteiger partial charge in [-0.25, -0.2) is 0 Å². The Morgan fingerprint density at radius 1 is 1.62 bits per heavy atom. The van der Waals surface area contributed by atoms with E-state index in [1.807, 2.05) is 13.8 Å². The number of amides is 1. The first-order chi connectivity index (χ1) is 7.47. The third-order valence-corrected chi connectivity index (χ3v) is 3.20. The molecule has 0 saturated heterocycles. The molecule has 3 atom stereocenters. The number of carbonyl (C=O) groups excluding carboxylic acids is 1. The standard InChI is InChI=1S/C11H21N3O2/c1-6(2)9(10(12)14-16)11(15)13-5-8-4-7(8)3/h6-9,16H,4-5H2,1-3H3,(H2,12,14)(H,13,15). The highest BCUT2D eigenvalue weighted by Crippen LogP contribution is 2.36. The second-order valence-corrected chi connectivity index (χ2v) is 4.96. The highest BCUT2D eigenvalue weighted by atomic mass is 16.4. The van der Waals surface area contributed by atoms with Gasteiger partial charge >= 0.3 is 0 Å². The molecule has 16 heavy (non-hydrogen) atoms. The van der Waals surface area contributed by atoms with Crippen molar-refractivity contribution in [3.63, 3.8) is 0 Å². The molecule has 1 aliphatic rings. The number of nitrogens with two attached hydrogens (primary N) is 1. The maximum Gasteiger partial charge on any atom is 0.231 e. The molecule has 4 N–H and O–H groups in total. The number of hydrogen-bond donors (Lipinski definition) is 3. The number of carbonyl (C=O) groups is 1. The SMILES string of the molecule is CC(C)C(C(=O)NCC1CC1C)C(N)=NO. The van der Waals surface area contributed by atoms with Crippen LogP contribution < -0.4 is 11.1 Å². The summed E-state index contributed by atoms with van der Waals surface area (Å²) in [7, 11) is 0. The molecular weight excluding hydrogens is 206 g/mol. The van der Waals surface area contributed by atoms with Crippen LogP contribution in [0.1, 0.15) is 27.2 Å². The molecule has 1 fully saturated rings. The van der Waals surface area contributed by atoms with Crippen molar-refractivity contribution in [1.82, 2.24) is 5.32 Å². The quantitative estimate of drug-likeness (QED) is 0.281. The van der Waals surface area contributed by atoms with Crippen molar-refractivity contribution in [3.05, 3.63) is 0 Å². The normalized spacial score (nSPS) is 26.6. The molecule has 0 radical (unpaired) electrons. The van der Waals surface area contributed by atoms with E-state index in [-0.39, 0.29) is 17.7 Å². The summed E-state index contributed by atoms with van der Waals surface area (Å²) in [6, 6.07) is 0. The van der Waals surface area contributed by atoms with Gasteiger partial charge in [0.15, 0.2) is 5.84 Å². The van der Waals surface area contributed by atoms with Crippen LogP contribution in [0, 0.1) is 23.7 Å². The molecule has 92 valence electrons. The van der Waals surface area contributed by atoms with Crippen LogP contribution in [0.4, 0.5) is 0 Å². The summed E-state index contributed by atoms with van der Waals surface area (Å²) in [4.78, 5) is 11.8. The van der Waals surface area contributed by atoms with Gasteiger partial charge in [-0.05, 0) is 24.2 Å². The number of nitrogens with zero attached hydrogens (tertiary/aromatic N) is 1. The summed E-state index contributed by atoms with van der Waals surface area (Å²) in [5.41, 5.74) is 5.51. The molecule has 0 bridgehead atoms. The van der Waals surface area contributed by atoms with E-state index in [4.69, 9.17) is 10.9 Å². The zero-order chi connectivity index (χ0) is 12.3. The molecule has 0 aromatic carbocycles. The van der Waals surface area contributed by atoms with Gasteiger partial charge in [0.1, 0.15) is 5.92 Å². The van der Waals surface area contributed by atoms with Crippen molar-refractivity contribution >= 4 is 11.7 Å². The van der Waals surface area contributed by atoms with Crippen LogP contribution in [0.5, 0.6) is 0 Å². The number of nitrogens with one attached hydrogen (secondary N) is 1. The largest absolute Gasteiger partial charge is 0.409 e. The Hall–Kier alpha value is -1.26. The lowest BCUT2D eigenvalue weighted by atomic mass is 9.94. The Morgan fingerprint density at radius 3 is 2.56 bits per heavy atom. The van der Waals surface area contributed by atoms with Gasteiger partial charge in [0.2, 0.25) is 5.91 Å². The summed E-state index contributed by atoms with van der Waals surface area (Å²) in [6.45, 7) is 6.62. The van der Waals surface area contributed by atoms with E-state index in [1.54, 1.807) is 0 Å². The van der Waals surface area contributed by atoms with Gasteiger partial charge in [-0.3, -0.25) is 4.79 Å². The molecule has 0 spiro atoms. The lowest BCUT2D eigenvalue weighted by molar-refractivity contribution is -0.124. The maximum atomic E-state index is 11.8. The number of amidine groups is 1. The zero-order valence-electron chi connectivity index (χ0n) is 10.1. The van der Waals surface area contributed by atoms with Gasteiger partial charge in [-0.2, -0.15) is 0 Å². The smallest absolute Gasteiger partial charge is 0.231 e. The van der Waals surface area contributed by atoms with Gasteiger partial charge in [0.25, 0.3) is 0 Å². The first-order valence-electron chi connectivity index (χ1n) is 5.72. The predicted molar refractivity (Wildman–Crippen MR) is 62.0 cm³/mol. The molecule has 0 heterocycles. The van der Waals surface area contributed by atoms with Crippen LogP contribution in [0.15, 0.2) is 5.16 Å². The minimum absolute atomic E-state index is 0.0173. The Kier molecular flexibility index (Phi) is 4.15. The topological polar surface area (TPSA) is 87.7 Å². The first-order valence-corrected chi connectivity index (χ1v) is 5.72. The monoisotopic (exact) mass is 227 g/mol. The molecule has 1 saturated carbocycles. The van der Waals surface area contributed by atoms with Crippen LogP contribution in [-0.2, 0) is 4.79 Å². The highest BCUT2D eigenvalue weighted by Gasteiger charge is 2.34.